The van der Waals surface area contributed by atoms with Gasteiger partial charge in [-0.25, -0.2) is 4.98 Å². The predicted molar refractivity (Wildman–Crippen MR) is 72.0 cm³/mol. The molecule has 0 N–H and O–H groups in total. The highest BCUT2D eigenvalue weighted by Gasteiger charge is 2.14. The van der Waals surface area contributed by atoms with Crippen LogP contribution in [0.1, 0.15) is 20.2 Å². The van der Waals surface area contributed by atoms with Crippen molar-refractivity contribution < 1.29 is 4.79 Å². The summed E-state index contributed by atoms with van der Waals surface area (Å²) in [4.78, 5) is 21.3. The minimum Gasteiger partial charge on any atom is -0.288 e. The molecule has 0 aliphatic rings. The molecule has 0 bridgehead atoms. The first-order valence-electron chi connectivity index (χ1n) is 5.55. The molecule has 0 saturated carbocycles. The SMILES string of the molecule is Cc1ncc(C(=O)c2cncc3ccccc23)s1. The van der Waals surface area contributed by atoms with Gasteiger partial charge >= 0.3 is 0 Å². The summed E-state index contributed by atoms with van der Waals surface area (Å²) in [5.74, 6) is -0.00935. The fraction of sp³-hybridized carbons (Fsp3) is 0.0714. The second-order valence-corrected chi connectivity index (χ2v) is 5.22. The van der Waals surface area contributed by atoms with E-state index in [0.717, 1.165) is 15.8 Å². The molecule has 0 aliphatic carbocycles. The molecule has 18 heavy (non-hydrogen) atoms. The van der Waals surface area contributed by atoms with Gasteiger partial charge in [0.25, 0.3) is 0 Å². The van der Waals surface area contributed by atoms with Crippen LogP contribution in [0.4, 0.5) is 0 Å². The van der Waals surface area contributed by atoms with Crippen LogP contribution in [0.3, 0.4) is 0 Å². The van der Waals surface area contributed by atoms with Crippen molar-refractivity contribution in [2.75, 3.05) is 0 Å². The van der Waals surface area contributed by atoms with E-state index in [1.54, 1.807) is 18.6 Å². The smallest absolute Gasteiger partial charge is 0.206 e. The third-order valence-corrected chi connectivity index (χ3v) is 3.67. The van der Waals surface area contributed by atoms with E-state index in [1.165, 1.54) is 11.3 Å². The number of carbonyl (C=O) groups excluding carboxylic acids is 1. The van der Waals surface area contributed by atoms with Gasteiger partial charge < -0.3 is 0 Å². The lowest BCUT2D eigenvalue weighted by molar-refractivity contribution is 0.104. The number of thiazole rings is 1. The minimum atomic E-state index is -0.00935. The quantitative estimate of drug-likeness (QED) is 0.659. The maximum Gasteiger partial charge on any atom is 0.206 e. The molecular weight excluding hydrogens is 244 g/mol. The molecule has 3 nitrogen and oxygen atoms in total. The molecule has 0 unspecified atom stereocenters. The molecule has 0 aliphatic heterocycles. The molecule has 0 fully saturated rings. The van der Waals surface area contributed by atoms with Crippen LogP contribution in [0.15, 0.2) is 42.9 Å². The first-order valence-corrected chi connectivity index (χ1v) is 6.37. The fourth-order valence-corrected chi connectivity index (χ4v) is 2.63. The van der Waals surface area contributed by atoms with Crippen molar-refractivity contribution in [3.8, 4) is 0 Å². The van der Waals surface area contributed by atoms with E-state index < -0.39 is 0 Å². The van der Waals surface area contributed by atoms with E-state index in [9.17, 15) is 4.79 Å². The number of fused-ring (bicyclic) bond motifs is 1. The van der Waals surface area contributed by atoms with Crippen molar-refractivity contribution >= 4 is 27.9 Å². The third-order valence-electron chi connectivity index (χ3n) is 2.76. The van der Waals surface area contributed by atoms with Crippen molar-refractivity contribution in [1.82, 2.24) is 9.97 Å². The van der Waals surface area contributed by atoms with Gasteiger partial charge in [-0.15, -0.1) is 11.3 Å². The molecule has 0 spiro atoms. The Bertz CT molecular complexity index is 728. The molecule has 2 aromatic heterocycles. The molecule has 0 amide bonds. The first-order chi connectivity index (χ1) is 8.75. The highest BCUT2D eigenvalue weighted by atomic mass is 32.1. The van der Waals surface area contributed by atoms with Gasteiger partial charge in [-0.3, -0.25) is 9.78 Å². The predicted octanol–water partition coefficient (Wildman–Crippen LogP) is 3.23. The van der Waals surface area contributed by atoms with Gasteiger partial charge in [0.05, 0.1) is 9.88 Å². The van der Waals surface area contributed by atoms with E-state index in [0.29, 0.717) is 10.4 Å². The number of aromatic nitrogens is 2. The first kappa shape index (κ1) is 11.0. The minimum absolute atomic E-state index is 0.00935. The second kappa shape index (κ2) is 4.31. The number of nitrogens with zero attached hydrogens (tertiary/aromatic N) is 2. The summed E-state index contributed by atoms with van der Waals surface area (Å²) in [5, 5.41) is 2.81. The van der Waals surface area contributed by atoms with Crippen molar-refractivity contribution in [2.24, 2.45) is 0 Å². The number of hydrogen-bond acceptors (Lipinski definition) is 4. The fourth-order valence-electron chi connectivity index (χ4n) is 1.90. The van der Waals surface area contributed by atoms with Crippen LogP contribution in [0.25, 0.3) is 10.8 Å². The molecular formula is C14H10N2OS. The number of benzene rings is 1. The Kier molecular flexibility index (Phi) is 2.64. The van der Waals surface area contributed by atoms with Gasteiger partial charge in [-0.1, -0.05) is 24.3 Å². The van der Waals surface area contributed by atoms with E-state index in [1.807, 2.05) is 31.2 Å². The molecule has 2 heterocycles. The summed E-state index contributed by atoms with van der Waals surface area (Å²) in [5.41, 5.74) is 0.636. The van der Waals surface area contributed by atoms with Gasteiger partial charge in [0.1, 0.15) is 0 Å². The summed E-state index contributed by atoms with van der Waals surface area (Å²) >= 11 is 1.41. The third kappa shape index (κ3) is 1.80. The van der Waals surface area contributed by atoms with Gasteiger partial charge in [-0.2, -0.15) is 0 Å². The highest BCUT2D eigenvalue weighted by molar-refractivity contribution is 7.13. The zero-order chi connectivity index (χ0) is 12.5. The highest BCUT2D eigenvalue weighted by Crippen LogP contribution is 2.22. The zero-order valence-corrected chi connectivity index (χ0v) is 10.6. The van der Waals surface area contributed by atoms with E-state index in [2.05, 4.69) is 9.97 Å². The van der Waals surface area contributed by atoms with Crippen LogP contribution in [0.2, 0.25) is 0 Å². The average Bonchev–Trinajstić information content (AvgIpc) is 2.84. The molecule has 1 aromatic carbocycles. The van der Waals surface area contributed by atoms with E-state index in [-0.39, 0.29) is 5.78 Å². The van der Waals surface area contributed by atoms with Crippen molar-refractivity contribution in [3.63, 3.8) is 0 Å². The van der Waals surface area contributed by atoms with Gasteiger partial charge in [0.2, 0.25) is 5.78 Å². The summed E-state index contributed by atoms with van der Waals surface area (Å²) in [6, 6.07) is 7.77. The molecule has 0 radical (unpaired) electrons. The average molecular weight is 254 g/mol. The number of rotatable bonds is 2. The van der Waals surface area contributed by atoms with E-state index in [4.69, 9.17) is 0 Å². The maximum atomic E-state index is 12.4. The number of carbonyl (C=O) groups is 1. The lowest BCUT2D eigenvalue weighted by Crippen LogP contribution is -2.00. The van der Waals surface area contributed by atoms with Gasteiger partial charge in [0.15, 0.2) is 0 Å². The normalized spacial score (nSPS) is 10.7. The van der Waals surface area contributed by atoms with Gasteiger partial charge in [-0.05, 0) is 12.3 Å². The summed E-state index contributed by atoms with van der Waals surface area (Å²) < 4.78 is 0. The monoisotopic (exact) mass is 254 g/mol. The lowest BCUT2D eigenvalue weighted by Gasteiger charge is -2.02. The Morgan fingerprint density at radius 1 is 1.17 bits per heavy atom. The number of aryl methyl sites for hydroxylation is 1. The van der Waals surface area contributed by atoms with Crippen molar-refractivity contribution in [3.05, 3.63) is 58.3 Å². The summed E-state index contributed by atoms with van der Waals surface area (Å²) in [7, 11) is 0. The van der Waals surface area contributed by atoms with Crippen LogP contribution in [0, 0.1) is 6.92 Å². The summed E-state index contributed by atoms with van der Waals surface area (Å²) in [6.45, 7) is 1.89. The second-order valence-electron chi connectivity index (χ2n) is 3.98. The maximum absolute atomic E-state index is 12.4. The van der Waals surface area contributed by atoms with Crippen LogP contribution >= 0.6 is 11.3 Å². The summed E-state index contributed by atoms with van der Waals surface area (Å²) in [6.07, 6.45) is 5.02. The van der Waals surface area contributed by atoms with Crippen LogP contribution in [0.5, 0.6) is 0 Å². The van der Waals surface area contributed by atoms with Crippen LogP contribution in [-0.4, -0.2) is 15.8 Å². The Morgan fingerprint density at radius 2 is 2.00 bits per heavy atom. The number of ketones is 1. The zero-order valence-electron chi connectivity index (χ0n) is 9.75. The van der Waals surface area contributed by atoms with Crippen molar-refractivity contribution in [2.45, 2.75) is 6.92 Å². The lowest BCUT2D eigenvalue weighted by atomic mass is 10.0. The molecule has 4 heteroatoms. The topological polar surface area (TPSA) is 42.9 Å². The Balaban J connectivity index is 2.17. The number of hydrogen-bond donors (Lipinski definition) is 0. The molecule has 0 saturated heterocycles. The van der Waals surface area contributed by atoms with E-state index >= 15 is 0 Å². The van der Waals surface area contributed by atoms with Crippen molar-refractivity contribution in [1.29, 1.82) is 0 Å². The Labute approximate surface area is 108 Å². The number of pyridine rings is 1. The molecule has 0 atom stereocenters. The molecule has 3 rings (SSSR count). The van der Waals surface area contributed by atoms with Gasteiger partial charge in [0, 0.05) is 29.5 Å². The largest absolute Gasteiger partial charge is 0.288 e. The van der Waals surface area contributed by atoms with Crippen LogP contribution in [-0.2, 0) is 0 Å². The standard InChI is InChI=1S/C14H10N2OS/c1-9-16-8-13(18-9)14(17)12-7-15-6-10-4-2-3-5-11(10)12/h2-8H,1H3. The Morgan fingerprint density at radius 3 is 2.78 bits per heavy atom. The molecule has 3 aromatic rings. The Hall–Kier alpha value is -2.07. The van der Waals surface area contributed by atoms with Crippen LogP contribution < -0.4 is 0 Å². The molecule has 88 valence electrons.